The highest BCUT2D eigenvalue weighted by molar-refractivity contribution is 7.22. The SMILES string of the molecule is c1ccc(N(c2ccccc2)c2ccc3c(c2)c2ccccc2c2sc(-c4cccc(N(c5ccccc5)c5cccc6oc7ccccc7c56)c4)nc32)cc1. The molecular weight excluding hydrogens is 703 g/mol. The van der Waals surface area contributed by atoms with E-state index >= 15 is 0 Å². The van der Waals surface area contributed by atoms with E-state index < -0.39 is 0 Å². The van der Waals surface area contributed by atoms with Gasteiger partial charge in [-0.2, -0.15) is 0 Å². The van der Waals surface area contributed by atoms with Crippen molar-refractivity contribution in [2.24, 2.45) is 0 Å². The third-order valence-corrected chi connectivity index (χ3v) is 11.8. The Morgan fingerprint density at radius 3 is 1.70 bits per heavy atom. The molecule has 2 aromatic heterocycles. The Hall–Kier alpha value is -7.21. The maximum atomic E-state index is 6.34. The van der Waals surface area contributed by atoms with E-state index in [9.17, 15) is 0 Å². The zero-order valence-corrected chi connectivity index (χ0v) is 31.0. The van der Waals surface area contributed by atoms with Crippen molar-refractivity contribution >= 4 is 99.2 Å². The molecule has 5 heteroatoms. The normalized spacial score (nSPS) is 11.6. The van der Waals surface area contributed by atoms with E-state index in [1.54, 1.807) is 11.3 Å². The summed E-state index contributed by atoms with van der Waals surface area (Å²) >= 11 is 1.76. The molecule has 0 aliphatic heterocycles. The van der Waals surface area contributed by atoms with Gasteiger partial charge in [-0.15, -0.1) is 11.3 Å². The number of anilines is 6. The van der Waals surface area contributed by atoms with Crippen LogP contribution in [0, 0.1) is 0 Å². The smallest absolute Gasteiger partial charge is 0.137 e. The summed E-state index contributed by atoms with van der Waals surface area (Å²) < 4.78 is 7.53. The van der Waals surface area contributed by atoms with Gasteiger partial charge in [0.2, 0.25) is 0 Å². The van der Waals surface area contributed by atoms with Crippen molar-refractivity contribution in [3.8, 4) is 10.6 Å². The highest BCUT2D eigenvalue weighted by atomic mass is 32.1. The molecule has 0 fully saturated rings. The van der Waals surface area contributed by atoms with Gasteiger partial charge in [-0.05, 0) is 89.6 Å². The molecular formula is C51H33N3OS. The minimum Gasteiger partial charge on any atom is -0.456 e. The van der Waals surface area contributed by atoms with Crippen molar-refractivity contribution in [2.75, 3.05) is 9.80 Å². The monoisotopic (exact) mass is 735 g/mol. The maximum absolute atomic E-state index is 6.34. The number of thiazole rings is 1. The molecule has 0 N–H and O–H groups in total. The molecule has 11 aromatic rings. The van der Waals surface area contributed by atoms with Gasteiger partial charge in [0.05, 0.1) is 21.3 Å². The van der Waals surface area contributed by atoms with Crippen LogP contribution in [-0.4, -0.2) is 4.98 Å². The molecule has 2 heterocycles. The summed E-state index contributed by atoms with van der Waals surface area (Å²) in [7, 11) is 0. The average Bonchev–Trinajstić information content (AvgIpc) is 3.89. The summed E-state index contributed by atoms with van der Waals surface area (Å²) in [5.74, 6) is 0. The fourth-order valence-electron chi connectivity index (χ4n) is 8.15. The Labute approximate surface area is 327 Å². The van der Waals surface area contributed by atoms with Crippen molar-refractivity contribution in [2.45, 2.75) is 0 Å². The highest BCUT2D eigenvalue weighted by Crippen LogP contribution is 2.46. The van der Waals surface area contributed by atoms with Crippen molar-refractivity contribution in [3.63, 3.8) is 0 Å². The number of fused-ring (bicyclic) bond motifs is 9. The predicted octanol–water partition coefficient (Wildman–Crippen LogP) is 15.1. The third kappa shape index (κ3) is 5.32. The fraction of sp³-hybridized carbons (Fsp3) is 0. The molecule has 0 radical (unpaired) electrons. The molecule has 0 atom stereocenters. The molecule has 264 valence electrons. The van der Waals surface area contributed by atoms with Crippen molar-refractivity contribution < 1.29 is 4.42 Å². The van der Waals surface area contributed by atoms with E-state index in [4.69, 9.17) is 9.40 Å². The largest absolute Gasteiger partial charge is 0.456 e. The topological polar surface area (TPSA) is 32.5 Å². The van der Waals surface area contributed by atoms with Gasteiger partial charge in [0.25, 0.3) is 0 Å². The first-order valence-electron chi connectivity index (χ1n) is 18.8. The second kappa shape index (κ2) is 13.3. The molecule has 0 saturated carbocycles. The lowest BCUT2D eigenvalue weighted by molar-refractivity contribution is 0.669. The van der Waals surface area contributed by atoms with E-state index in [0.29, 0.717) is 0 Å². The Balaban J connectivity index is 1.08. The highest BCUT2D eigenvalue weighted by Gasteiger charge is 2.21. The van der Waals surface area contributed by atoms with Crippen LogP contribution in [0.2, 0.25) is 0 Å². The molecule has 0 unspecified atom stereocenters. The van der Waals surface area contributed by atoms with Crippen LogP contribution in [-0.2, 0) is 0 Å². The van der Waals surface area contributed by atoms with Crippen LogP contribution < -0.4 is 9.80 Å². The van der Waals surface area contributed by atoms with E-state index in [1.165, 1.54) is 20.9 Å². The van der Waals surface area contributed by atoms with Crippen molar-refractivity contribution in [3.05, 3.63) is 200 Å². The first-order chi connectivity index (χ1) is 27.8. The van der Waals surface area contributed by atoms with E-state index in [-0.39, 0.29) is 0 Å². The van der Waals surface area contributed by atoms with Gasteiger partial charge < -0.3 is 14.2 Å². The van der Waals surface area contributed by atoms with Gasteiger partial charge in [-0.1, -0.05) is 121 Å². The second-order valence-corrected chi connectivity index (χ2v) is 14.9. The van der Waals surface area contributed by atoms with Crippen LogP contribution in [0.5, 0.6) is 0 Å². The molecule has 11 rings (SSSR count). The lowest BCUT2D eigenvalue weighted by Crippen LogP contribution is -2.10. The number of hydrogen-bond acceptors (Lipinski definition) is 5. The van der Waals surface area contributed by atoms with Crippen molar-refractivity contribution in [1.82, 2.24) is 4.98 Å². The Morgan fingerprint density at radius 2 is 0.964 bits per heavy atom. The van der Waals surface area contributed by atoms with E-state index in [2.05, 4.69) is 198 Å². The molecule has 0 bridgehead atoms. The molecule has 0 amide bonds. The quantitative estimate of drug-likeness (QED) is 0.153. The zero-order chi connectivity index (χ0) is 37.0. The summed E-state index contributed by atoms with van der Waals surface area (Å²) in [6.45, 7) is 0. The van der Waals surface area contributed by atoms with Crippen LogP contribution in [0.15, 0.2) is 205 Å². The zero-order valence-electron chi connectivity index (χ0n) is 30.2. The molecule has 9 aromatic carbocycles. The maximum Gasteiger partial charge on any atom is 0.137 e. The number of para-hydroxylation sites is 4. The van der Waals surface area contributed by atoms with Gasteiger partial charge in [0.15, 0.2) is 0 Å². The number of nitrogens with zero attached hydrogens (tertiary/aromatic N) is 3. The Morgan fingerprint density at radius 1 is 0.393 bits per heavy atom. The fourth-order valence-corrected chi connectivity index (χ4v) is 9.27. The van der Waals surface area contributed by atoms with E-state index in [0.717, 1.165) is 77.5 Å². The molecule has 0 aliphatic rings. The Kier molecular flexibility index (Phi) is 7.64. The molecule has 0 saturated heterocycles. The van der Waals surface area contributed by atoms with Gasteiger partial charge in [0, 0.05) is 50.2 Å². The van der Waals surface area contributed by atoms with Gasteiger partial charge in [0.1, 0.15) is 16.2 Å². The van der Waals surface area contributed by atoms with Crippen LogP contribution in [0.1, 0.15) is 0 Å². The number of benzene rings is 9. The van der Waals surface area contributed by atoms with Crippen LogP contribution in [0.3, 0.4) is 0 Å². The van der Waals surface area contributed by atoms with Crippen LogP contribution in [0.25, 0.3) is 64.3 Å². The first-order valence-corrected chi connectivity index (χ1v) is 19.6. The number of hydrogen-bond donors (Lipinski definition) is 0. The van der Waals surface area contributed by atoms with Crippen molar-refractivity contribution in [1.29, 1.82) is 0 Å². The summed E-state index contributed by atoms with van der Waals surface area (Å²) in [6.07, 6.45) is 0. The summed E-state index contributed by atoms with van der Waals surface area (Å²) in [5, 5.41) is 7.93. The second-order valence-electron chi connectivity index (χ2n) is 13.9. The van der Waals surface area contributed by atoms with Gasteiger partial charge in [-0.3, -0.25) is 0 Å². The lowest BCUT2D eigenvalue weighted by Gasteiger charge is -2.26. The molecule has 0 spiro atoms. The number of rotatable bonds is 7. The van der Waals surface area contributed by atoms with Crippen LogP contribution in [0.4, 0.5) is 34.1 Å². The van der Waals surface area contributed by atoms with Gasteiger partial charge >= 0.3 is 0 Å². The standard InChI is InChI=1S/C51H33N3OS/c1-4-17-35(18-5-1)53(36-19-6-2-7-20-36)39-30-31-41-44(33-39)40-24-10-11-25-42(40)50-49(41)52-51(56-50)34-16-14-23-38(32-34)54(37-21-8-3-9-22-37)45-27-15-29-47-48(45)43-26-12-13-28-46(43)55-47/h1-33H. The summed E-state index contributed by atoms with van der Waals surface area (Å²) in [6, 6.07) is 70.7. The first kappa shape index (κ1) is 32.2. The molecule has 4 nitrogen and oxygen atoms in total. The lowest BCUT2D eigenvalue weighted by atomic mass is 9.99. The average molecular weight is 736 g/mol. The molecule has 0 aliphatic carbocycles. The van der Waals surface area contributed by atoms with Crippen LogP contribution >= 0.6 is 11.3 Å². The number of furan rings is 1. The number of aromatic nitrogens is 1. The van der Waals surface area contributed by atoms with Gasteiger partial charge in [-0.25, -0.2) is 4.98 Å². The predicted molar refractivity (Wildman–Crippen MR) is 237 cm³/mol. The van der Waals surface area contributed by atoms with E-state index in [1.807, 2.05) is 12.1 Å². The summed E-state index contributed by atoms with van der Waals surface area (Å²) in [4.78, 5) is 10.1. The molecule has 56 heavy (non-hydrogen) atoms. The minimum atomic E-state index is 0.865. The minimum absolute atomic E-state index is 0.865. The Bertz CT molecular complexity index is 3170. The summed E-state index contributed by atoms with van der Waals surface area (Å²) in [5.41, 5.74) is 10.3. The third-order valence-electron chi connectivity index (χ3n) is 10.6.